The van der Waals surface area contributed by atoms with Crippen LogP contribution in [-0.2, 0) is 16.0 Å². The van der Waals surface area contributed by atoms with E-state index in [1.165, 1.54) is 6.07 Å². The SMILES string of the molecule is O=C(CCC(=O)N1CCCc2ccccc21)N/N=C/c1cc([N+](=O)[O-])ccc1O. The van der Waals surface area contributed by atoms with E-state index in [9.17, 15) is 24.8 Å². The zero-order chi connectivity index (χ0) is 20.8. The fourth-order valence-corrected chi connectivity index (χ4v) is 3.14. The van der Waals surface area contributed by atoms with Crippen LogP contribution in [0.15, 0.2) is 47.6 Å². The van der Waals surface area contributed by atoms with Gasteiger partial charge in [-0.2, -0.15) is 5.10 Å². The van der Waals surface area contributed by atoms with Crippen molar-refractivity contribution in [3.8, 4) is 5.75 Å². The molecule has 0 spiro atoms. The van der Waals surface area contributed by atoms with E-state index in [-0.39, 0.29) is 35.7 Å². The van der Waals surface area contributed by atoms with E-state index < -0.39 is 10.8 Å². The molecule has 9 nitrogen and oxygen atoms in total. The van der Waals surface area contributed by atoms with E-state index in [0.29, 0.717) is 6.54 Å². The molecular formula is C20H20N4O5. The summed E-state index contributed by atoms with van der Waals surface area (Å²) in [7, 11) is 0. The molecule has 0 aromatic heterocycles. The van der Waals surface area contributed by atoms with Crippen LogP contribution in [-0.4, -0.2) is 34.6 Å². The first-order valence-corrected chi connectivity index (χ1v) is 9.13. The fraction of sp³-hybridized carbons (Fsp3) is 0.250. The summed E-state index contributed by atoms with van der Waals surface area (Å²) in [5, 5.41) is 24.2. The quantitative estimate of drug-likeness (QED) is 0.441. The first-order valence-electron chi connectivity index (χ1n) is 9.13. The number of aromatic hydroxyl groups is 1. The zero-order valence-electron chi connectivity index (χ0n) is 15.6. The number of fused-ring (bicyclic) bond motifs is 1. The van der Waals surface area contributed by atoms with Gasteiger partial charge in [-0.3, -0.25) is 19.7 Å². The molecule has 0 fully saturated rings. The Kier molecular flexibility index (Phi) is 6.18. The number of nitrogens with zero attached hydrogens (tertiary/aromatic N) is 3. The van der Waals surface area contributed by atoms with Gasteiger partial charge in [0, 0.05) is 42.8 Å². The normalized spacial score (nSPS) is 13.2. The second kappa shape index (κ2) is 8.96. The number of anilines is 1. The minimum atomic E-state index is -0.598. The molecule has 0 bridgehead atoms. The van der Waals surface area contributed by atoms with Gasteiger partial charge in [-0.15, -0.1) is 0 Å². The molecule has 1 aliphatic heterocycles. The van der Waals surface area contributed by atoms with Gasteiger partial charge in [0.1, 0.15) is 5.75 Å². The van der Waals surface area contributed by atoms with Gasteiger partial charge in [-0.05, 0) is 30.5 Å². The van der Waals surface area contributed by atoms with Crippen molar-refractivity contribution in [2.45, 2.75) is 25.7 Å². The van der Waals surface area contributed by atoms with E-state index in [4.69, 9.17) is 0 Å². The summed E-state index contributed by atoms with van der Waals surface area (Å²) < 4.78 is 0. The third kappa shape index (κ3) is 4.95. The number of non-ortho nitro benzene ring substituents is 1. The molecule has 150 valence electrons. The van der Waals surface area contributed by atoms with Crippen LogP contribution in [0.4, 0.5) is 11.4 Å². The molecule has 1 aliphatic rings. The van der Waals surface area contributed by atoms with Gasteiger partial charge in [-0.25, -0.2) is 5.43 Å². The van der Waals surface area contributed by atoms with Crippen LogP contribution in [0.1, 0.15) is 30.4 Å². The molecule has 0 radical (unpaired) electrons. The van der Waals surface area contributed by atoms with Gasteiger partial charge in [0.25, 0.3) is 5.69 Å². The maximum Gasteiger partial charge on any atom is 0.270 e. The third-order valence-electron chi connectivity index (χ3n) is 4.59. The highest BCUT2D eigenvalue weighted by molar-refractivity contribution is 5.96. The third-order valence-corrected chi connectivity index (χ3v) is 4.59. The fourth-order valence-electron chi connectivity index (χ4n) is 3.14. The van der Waals surface area contributed by atoms with Gasteiger partial charge in [0.15, 0.2) is 0 Å². The van der Waals surface area contributed by atoms with Crippen LogP contribution in [0.2, 0.25) is 0 Å². The molecule has 2 N–H and O–H groups in total. The number of para-hydroxylation sites is 1. The number of aryl methyl sites for hydroxylation is 1. The number of phenolic OH excluding ortho intramolecular Hbond substituents is 1. The minimum absolute atomic E-state index is 0.0394. The van der Waals surface area contributed by atoms with Gasteiger partial charge in [0.2, 0.25) is 11.8 Å². The Morgan fingerprint density at radius 3 is 2.83 bits per heavy atom. The van der Waals surface area contributed by atoms with Crippen molar-refractivity contribution in [3.63, 3.8) is 0 Å². The molecule has 2 aromatic carbocycles. The van der Waals surface area contributed by atoms with E-state index in [1.54, 1.807) is 4.90 Å². The average Bonchev–Trinajstić information content (AvgIpc) is 2.72. The maximum absolute atomic E-state index is 12.5. The zero-order valence-corrected chi connectivity index (χ0v) is 15.6. The smallest absolute Gasteiger partial charge is 0.270 e. The van der Waals surface area contributed by atoms with Crippen LogP contribution in [0, 0.1) is 10.1 Å². The second-order valence-corrected chi connectivity index (χ2v) is 6.57. The van der Waals surface area contributed by atoms with Crippen molar-refractivity contribution in [2.24, 2.45) is 5.10 Å². The number of phenols is 1. The molecule has 2 aromatic rings. The highest BCUT2D eigenvalue weighted by Crippen LogP contribution is 2.27. The first-order chi connectivity index (χ1) is 14.0. The number of rotatable bonds is 6. The molecule has 9 heteroatoms. The van der Waals surface area contributed by atoms with Gasteiger partial charge in [0.05, 0.1) is 11.1 Å². The summed E-state index contributed by atoms with van der Waals surface area (Å²) in [5.41, 5.74) is 4.17. The molecule has 0 unspecified atom stereocenters. The number of nitrogens with one attached hydrogen (secondary N) is 1. The van der Waals surface area contributed by atoms with Crippen LogP contribution in [0.25, 0.3) is 0 Å². The largest absolute Gasteiger partial charge is 0.507 e. The lowest BCUT2D eigenvalue weighted by atomic mass is 10.0. The number of nitro groups is 1. The predicted octanol–water partition coefficient (Wildman–Crippen LogP) is 2.51. The Balaban J connectivity index is 1.53. The second-order valence-electron chi connectivity index (χ2n) is 6.57. The van der Waals surface area contributed by atoms with Crippen molar-refractivity contribution in [2.75, 3.05) is 11.4 Å². The van der Waals surface area contributed by atoms with Crippen molar-refractivity contribution in [1.82, 2.24) is 5.43 Å². The average molecular weight is 396 g/mol. The molecule has 1 heterocycles. The summed E-state index contributed by atoms with van der Waals surface area (Å²) in [6.45, 7) is 0.627. The lowest BCUT2D eigenvalue weighted by Gasteiger charge is -2.29. The highest BCUT2D eigenvalue weighted by atomic mass is 16.6. The summed E-state index contributed by atoms with van der Waals surface area (Å²) in [6, 6.07) is 11.2. The molecule has 0 saturated carbocycles. The monoisotopic (exact) mass is 396 g/mol. The van der Waals surface area contributed by atoms with Gasteiger partial charge >= 0.3 is 0 Å². The van der Waals surface area contributed by atoms with Crippen molar-refractivity contribution >= 4 is 29.4 Å². The number of hydrazone groups is 1. The maximum atomic E-state index is 12.5. The van der Waals surface area contributed by atoms with Crippen LogP contribution in [0.3, 0.4) is 0 Å². The Morgan fingerprint density at radius 2 is 2.03 bits per heavy atom. The topological polar surface area (TPSA) is 125 Å². The number of amides is 2. The van der Waals surface area contributed by atoms with E-state index in [1.807, 2.05) is 24.3 Å². The number of carbonyl (C=O) groups is 2. The van der Waals surface area contributed by atoms with Gasteiger partial charge < -0.3 is 10.0 Å². The minimum Gasteiger partial charge on any atom is -0.507 e. The molecule has 0 atom stereocenters. The Bertz CT molecular complexity index is 973. The summed E-state index contributed by atoms with van der Waals surface area (Å²) >= 11 is 0. The summed E-state index contributed by atoms with van der Waals surface area (Å²) in [6.07, 6.45) is 2.92. The van der Waals surface area contributed by atoms with E-state index in [0.717, 1.165) is 42.4 Å². The predicted molar refractivity (Wildman–Crippen MR) is 107 cm³/mol. The van der Waals surface area contributed by atoms with E-state index >= 15 is 0 Å². The number of hydrogen-bond donors (Lipinski definition) is 2. The summed E-state index contributed by atoms with van der Waals surface area (Å²) in [5.74, 6) is -0.801. The lowest BCUT2D eigenvalue weighted by Crippen LogP contribution is -2.36. The Morgan fingerprint density at radius 1 is 1.24 bits per heavy atom. The Hall–Kier alpha value is -3.75. The van der Waals surface area contributed by atoms with Crippen molar-refractivity contribution in [3.05, 3.63) is 63.7 Å². The number of nitro benzene ring substituents is 1. The molecular weight excluding hydrogens is 376 g/mol. The molecule has 0 saturated heterocycles. The first kappa shape index (κ1) is 20.0. The standard InChI is InChI=1S/C20H20N4O5/c25-18-8-7-16(24(28)29)12-15(18)13-21-22-19(26)9-10-20(27)23-11-3-5-14-4-1-2-6-17(14)23/h1-2,4,6-8,12-13,25H,3,5,9-11H2,(H,22,26)/b21-13+. The van der Waals surface area contributed by atoms with Crippen LogP contribution in [0.5, 0.6) is 5.75 Å². The summed E-state index contributed by atoms with van der Waals surface area (Å²) in [4.78, 5) is 36.4. The number of benzene rings is 2. The van der Waals surface area contributed by atoms with Crippen molar-refractivity contribution in [1.29, 1.82) is 0 Å². The molecule has 3 rings (SSSR count). The Labute approximate surface area is 166 Å². The number of carbonyl (C=O) groups excluding carboxylic acids is 2. The van der Waals surface area contributed by atoms with Crippen LogP contribution < -0.4 is 10.3 Å². The molecule has 29 heavy (non-hydrogen) atoms. The highest BCUT2D eigenvalue weighted by Gasteiger charge is 2.22. The van der Waals surface area contributed by atoms with Crippen molar-refractivity contribution < 1.29 is 19.6 Å². The molecule has 0 aliphatic carbocycles. The van der Waals surface area contributed by atoms with Crippen LogP contribution >= 0.6 is 0 Å². The lowest BCUT2D eigenvalue weighted by molar-refractivity contribution is -0.384. The number of hydrogen-bond acceptors (Lipinski definition) is 6. The van der Waals surface area contributed by atoms with E-state index in [2.05, 4.69) is 10.5 Å². The van der Waals surface area contributed by atoms with Gasteiger partial charge in [-0.1, -0.05) is 18.2 Å². The molecule has 2 amide bonds.